The molecule has 0 amide bonds. The van der Waals surface area contributed by atoms with Gasteiger partial charge in [0.1, 0.15) is 10.8 Å². The Bertz CT molecular complexity index is 572. The smallest absolute Gasteiger partial charge is 0.166 e. The highest BCUT2D eigenvalue weighted by atomic mass is 35.5. The minimum absolute atomic E-state index is 0.0769. The fourth-order valence-electron chi connectivity index (χ4n) is 1.39. The standard InChI is InChI=1S/C13H8Cl3FO/c14-7-8-4-5-11(10(17)6-8)18-12-3-1-2-9(15)13(12)16/h1-6H,7H2. The van der Waals surface area contributed by atoms with E-state index in [1.54, 1.807) is 24.3 Å². The molecular weight excluding hydrogens is 297 g/mol. The van der Waals surface area contributed by atoms with Gasteiger partial charge in [-0.15, -0.1) is 11.6 Å². The average Bonchev–Trinajstić information content (AvgIpc) is 2.37. The van der Waals surface area contributed by atoms with E-state index in [1.807, 2.05) is 0 Å². The molecule has 0 fully saturated rings. The van der Waals surface area contributed by atoms with Gasteiger partial charge in [0, 0.05) is 5.88 Å². The van der Waals surface area contributed by atoms with Crippen molar-refractivity contribution in [3.05, 3.63) is 57.8 Å². The van der Waals surface area contributed by atoms with E-state index in [0.29, 0.717) is 16.3 Å². The minimum atomic E-state index is -0.496. The predicted octanol–water partition coefficient (Wildman–Crippen LogP) is 5.66. The van der Waals surface area contributed by atoms with Crippen LogP contribution in [0, 0.1) is 5.82 Å². The lowest BCUT2D eigenvalue weighted by Crippen LogP contribution is -1.91. The molecule has 0 saturated carbocycles. The first kappa shape index (κ1) is 13.5. The number of ether oxygens (including phenoxy) is 1. The molecule has 0 atom stereocenters. The van der Waals surface area contributed by atoms with E-state index in [4.69, 9.17) is 39.5 Å². The fraction of sp³-hybridized carbons (Fsp3) is 0.0769. The van der Waals surface area contributed by atoms with Gasteiger partial charge in [0.15, 0.2) is 11.6 Å². The van der Waals surface area contributed by atoms with Crippen LogP contribution in [0.3, 0.4) is 0 Å². The Morgan fingerprint density at radius 3 is 2.50 bits per heavy atom. The molecule has 0 aliphatic rings. The van der Waals surface area contributed by atoms with Gasteiger partial charge >= 0.3 is 0 Å². The Morgan fingerprint density at radius 2 is 1.83 bits per heavy atom. The lowest BCUT2D eigenvalue weighted by Gasteiger charge is -2.09. The third-order valence-electron chi connectivity index (χ3n) is 2.29. The number of rotatable bonds is 3. The van der Waals surface area contributed by atoms with E-state index < -0.39 is 5.82 Å². The zero-order valence-electron chi connectivity index (χ0n) is 9.09. The summed E-state index contributed by atoms with van der Waals surface area (Å²) in [4.78, 5) is 0. The second kappa shape index (κ2) is 5.79. The van der Waals surface area contributed by atoms with E-state index in [9.17, 15) is 4.39 Å². The summed E-state index contributed by atoms with van der Waals surface area (Å²) in [6, 6.07) is 9.43. The molecule has 5 heteroatoms. The maximum atomic E-state index is 13.7. The van der Waals surface area contributed by atoms with Crippen LogP contribution in [-0.2, 0) is 5.88 Å². The third-order valence-corrected chi connectivity index (χ3v) is 3.40. The Labute approximate surface area is 119 Å². The van der Waals surface area contributed by atoms with Crippen molar-refractivity contribution < 1.29 is 9.13 Å². The molecule has 0 bridgehead atoms. The molecule has 0 radical (unpaired) electrons. The van der Waals surface area contributed by atoms with Crippen molar-refractivity contribution >= 4 is 34.8 Å². The maximum Gasteiger partial charge on any atom is 0.166 e. The van der Waals surface area contributed by atoms with E-state index in [0.717, 1.165) is 0 Å². The lowest BCUT2D eigenvalue weighted by atomic mass is 10.2. The van der Waals surface area contributed by atoms with Crippen LogP contribution in [0.2, 0.25) is 10.0 Å². The fourth-order valence-corrected chi connectivity index (χ4v) is 1.89. The highest BCUT2D eigenvalue weighted by molar-refractivity contribution is 6.42. The van der Waals surface area contributed by atoms with Crippen LogP contribution in [0.5, 0.6) is 11.5 Å². The summed E-state index contributed by atoms with van der Waals surface area (Å²) in [5.74, 6) is 0.133. The Hall–Kier alpha value is -0.960. The minimum Gasteiger partial charge on any atom is -0.453 e. The van der Waals surface area contributed by atoms with Gasteiger partial charge in [-0.2, -0.15) is 0 Å². The van der Waals surface area contributed by atoms with Gasteiger partial charge in [0.05, 0.1) is 5.02 Å². The molecule has 0 heterocycles. The van der Waals surface area contributed by atoms with E-state index in [2.05, 4.69) is 0 Å². The monoisotopic (exact) mass is 304 g/mol. The molecule has 94 valence electrons. The van der Waals surface area contributed by atoms with Crippen molar-refractivity contribution in [3.63, 3.8) is 0 Å². The normalized spacial score (nSPS) is 10.4. The molecule has 0 N–H and O–H groups in total. The van der Waals surface area contributed by atoms with Gasteiger partial charge in [0.2, 0.25) is 0 Å². The van der Waals surface area contributed by atoms with Crippen molar-refractivity contribution in [2.75, 3.05) is 0 Å². The van der Waals surface area contributed by atoms with Gasteiger partial charge in [-0.3, -0.25) is 0 Å². The second-order valence-corrected chi connectivity index (χ2v) is 4.60. The van der Waals surface area contributed by atoms with Crippen molar-refractivity contribution in [2.24, 2.45) is 0 Å². The van der Waals surface area contributed by atoms with Gasteiger partial charge in [-0.25, -0.2) is 4.39 Å². The Kier molecular flexibility index (Phi) is 4.33. The summed E-state index contributed by atoms with van der Waals surface area (Å²) < 4.78 is 19.1. The molecule has 0 aromatic heterocycles. The number of halogens is 4. The largest absolute Gasteiger partial charge is 0.453 e. The molecule has 18 heavy (non-hydrogen) atoms. The zero-order valence-corrected chi connectivity index (χ0v) is 11.4. The molecule has 0 unspecified atom stereocenters. The average molecular weight is 306 g/mol. The Balaban J connectivity index is 2.31. The molecule has 2 rings (SSSR count). The molecule has 0 aliphatic carbocycles. The number of alkyl halides is 1. The first-order valence-electron chi connectivity index (χ1n) is 5.08. The van der Waals surface area contributed by atoms with E-state index >= 15 is 0 Å². The van der Waals surface area contributed by atoms with Crippen LogP contribution in [-0.4, -0.2) is 0 Å². The molecule has 2 aromatic carbocycles. The van der Waals surface area contributed by atoms with Crippen LogP contribution >= 0.6 is 34.8 Å². The summed E-state index contributed by atoms with van der Waals surface area (Å²) in [5.41, 5.74) is 0.679. The van der Waals surface area contributed by atoms with E-state index in [-0.39, 0.29) is 16.7 Å². The predicted molar refractivity (Wildman–Crippen MR) is 72.5 cm³/mol. The van der Waals surface area contributed by atoms with Crippen molar-refractivity contribution in [1.29, 1.82) is 0 Å². The second-order valence-electron chi connectivity index (χ2n) is 3.55. The summed E-state index contributed by atoms with van der Waals surface area (Å²) in [6.45, 7) is 0. The summed E-state index contributed by atoms with van der Waals surface area (Å²) >= 11 is 17.4. The number of benzene rings is 2. The Morgan fingerprint density at radius 1 is 1.06 bits per heavy atom. The summed E-state index contributed by atoms with van der Waals surface area (Å²) in [5, 5.41) is 0.604. The maximum absolute atomic E-state index is 13.7. The van der Waals surface area contributed by atoms with Crippen LogP contribution in [0.25, 0.3) is 0 Å². The quantitative estimate of drug-likeness (QED) is 0.664. The SMILES string of the molecule is Fc1cc(CCl)ccc1Oc1cccc(Cl)c1Cl. The van der Waals surface area contributed by atoms with Crippen LogP contribution in [0.1, 0.15) is 5.56 Å². The first-order chi connectivity index (χ1) is 8.61. The van der Waals surface area contributed by atoms with Gasteiger partial charge < -0.3 is 4.74 Å². The molecule has 0 aliphatic heterocycles. The summed E-state index contributed by atoms with van der Waals surface area (Å²) in [7, 11) is 0. The van der Waals surface area contributed by atoms with Crippen molar-refractivity contribution in [1.82, 2.24) is 0 Å². The molecule has 1 nitrogen and oxygen atoms in total. The third kappa shape index (κ3) is 2.89. The highest BCUT2D eigenvalue weighted by Gasteiger charge is 2.10. The topological polar surface area (TPSA) is 9.23 Å². The highest BCUT2D eigenvalue weighted by Crippen LogP contribution is 2.35. The van der Waals surface area contributed by atoms with Crippen molar-refractivity contribution in [3.8, 4) is 11.5 Å². The van der Waals surface area contributed by atoms with E-state index in [1.165, 1.54) is 12.1 Å². The van der Waals surface area contributed by atoms with Crippen LogP contribution in [0.4, 0.5) is 4.39 Å². The van der Waals surface area contributed by atoms with Crippen molar-refractivity contribution in [2.45, 2.75) is 5.88 Å². The molecular formula is C13H8Cl3FO. The van der Waals surface area contributed by atoms with Gasteiger partial charge in [-0.05, 0) is 29.8 Å². The molecule has 0 spiro atoms. The molecule has 2 aromatic rings. The lowest BCUT2D eigenvalue weighted by molar-refractivity contribution is 0.442. The summed E-state index contributed by atoms with van der Waals surface area (Å²) in [6.07, 6.45) is 0. The van der Waals surface area contributed by atoms with Gasteiger partial charge in [-0.1, -0.05) is 35.3 Å². The van der Waals surface area contributed by atoms with Crippen LogP contribution < -0.4 is 4.74 Å². The first-order valence-corrected chi connectivity index (χ1v) is 6.37. The van der Waals surface area contributed by atoms with Gasteiger partial charge in [0.25, 0.3) is 0 Å². The number of hydrogen-bond acceptors (Lipinski definition) is 1. The van der Waals surface area contributed by atoms with Crippen LogP contribution in [0.15, 0.2) is 36.4 Å². The number of hydrogen-bond donors (Lipinski definition) is 0. The zero-order chi connectivity index (χ0) is 13.1. The molecule has 0 saturated heterocycles.